The quantitative estimate of drug-likeness (QED) is 0.697. The van der Waals surface area contributed by atoms with Crippen LogP contribution in [-0.4, -0.2) is 19.5 Å². The van der Waals surface area contributed by atoms with E-state index in [1.807, 2.05) is 0 Å². The molecule has 15 heavy (non-hydrogen) atoms. The van der Waals surface area contributed by atoms with Gasteiger partial charge >= 0.3 is 0 Å². The molecule has 3 aliphatic rings. The van der Waals surface area contributed by atoms with E-state index in [4.69, 9.17) is 9.47 Å². The zero-order chi connectivity index (χ0) is 10.1. The van der Waals surface area contributed by atoms with E-state index in [-0.39, 0.29) is 6.29 Å². The molecule has 0 spiro atoms. The summed E-state index contributed by atoms with van der Waals surface area (Å²) in [7, 11) is 0. The second kappa shape index (κ2) is 4.42. The first kappa shape index (κ1) is 10.1. The van der Waals surface area contributed by atoms with Gasteiger partial charge in [-0.1, -0.05) is 25.7 Å². The minimum atomic E-state index is 0.133. The standard InChI is InChI=1S/C13H22O2/c1-2-10-4-5-12(11(3-1)8-10)9-13-14-6-7-15-13/h10-13H,1-9H2. The Kier molecular flexibility index (Phi) is 2.98. The Bertz CT molecular complexity index is 211. The van der Waals surface area contributed by atoms with Crippen LogP contribution in [0.1, 0.15) is 44.9 Å². The van der Waals surface area contributed by atoms with Gasteiger partial charge in [0.15, 0.2) is 6.29 Å². The SMILES string of the molecule is C1CC2CCC(CC3OCCO3)C(C1)C2. The summed E-state index contributed by atoms with van der Waals surface area (Å²) in [6, 6.07) is 0. The lowest BCUT2D eigenvalue weighted by Gasteiger charge is -2.40. The summed E-state index contributed by atoms with van der Waals surface area (Å²) in [6.07, 6.45) is 10.1. The van der Waals surface area contributed by atoms with Gasteiger partial charge in [-0.3, -0.25) is 0 Å². The lowest BCUT2D eigenvalue weighted by atomic mass is 9.66. The topological polar surface area (TPSA) is 18.5 Å². The molecule has 0 N–H and O–H groups in total. The summed E-state index contributed by atoms with van der Waals surface area (Å²) in [5, 5.41) is 0. The fourth-order valence-corrected chi connectivity index (χ4v) is 3.81. The van der Waals surface area contributed by atoms with Crippen molar-refractivity contribution >= 4 is 0 Å². The van der Waals surface area contributed by atoms with Crippen molar-refractivity contribution in [1.82, 2.24) is 0 Å². The lowest BCUT2D eigenvalue weighted by molar-refractivity contribution is -0.0703. The molecule has 2 saturated carbocycles. The van der Waals surface area contributed by atoms with Crippen molar-refractivity contribution in [2.45, 2.75) is 51.2 Å². The predicted octanol–water partition coefficient (Wildman–Crippen LogP) is 2.97. The van der Waals surface area contributed by atoms with Gasteiger partial charge in [0.2, 0.25) is 0 Å². The number of ether oxygens (including phenoxy) is 2. The van der Waals surface area contributed by atoms with Gasteiger partial charge in [-0.25, -0.2) is 0 Å². The molecule has 1 aliphatic heterocycles. The van der Waals surface area contributed by atoms with Crippen LogP contribution in [0.5, 0.6) is 0 Å². The normalized spacial score (nSPS) is 42.0. The second-order valence-corrected chi connectivity index (χ2v) is 5.54. The van der Waals surface area contributed by atoms with Crippen LogP contribution in [0.15, 0.2) is 0 Å². The molecular weight excluding hydrogens is 188 g/mol. The van der Waals surface area contributed by atoms with Crippen molar-refractivity contribution in [2.75, 3.05) is 13.2 Å². The maximum Gasteiger partial charge on any atom is 0.158 e. The maximum atomic E-state index is 5.57. The van der Waals surface area contributed by atoms with Crippen molar-refractivity contribution in [2.24, 2.45) is 17.8 Å². The van der Waals surface area contributed by atoms with Gasteiger partial charge in [0.1, 0.15) is 0 Å². The monoisotopic (exact) mass is 210 g/mol. The van der Waals surface area contributed by atoms with Crippen molar-refractivity contribution in [3.05, 3.63) is 0 Å². The van der Waals surface area contributed by atoms with Gasteiger partial charge in [0, 0.05) is 6.42 Å². The largest absolute Gasteiger partial charge is 0.350 e. The molecule has 1 saturated heterocycles. The van der Waals surface area contributed by atoms with E-state index in [1.54, 1.807) is 0 Å². The van der Waals surface area contributed by atoms with E-state index in [1.165, 1.54) is 38.5 Å². The van der Waals surface area contributed by atoms with Crippen molar-refractivity contribution in [3.63, 3.8) is 0 Å². The van der Waals surface area contributed by atoms with Gasteiger partial charge in [-0.05, 0) is 30.6 Å². The number of fused-ring (bicyclic) bond motifs is 2. The molecule has 86 valence electrons. The Balaban J connectivity index is 1.56. The maximum absolute atomic E-state index is 5.57. The zero-order valence-electron chi connectivity index (χ0n) is 9.49. The first-order valence-electron chi connectivity index (χ1n) is 6.65. The Hall–Kier alpha value is -0.0800. The highest BCUT2D eigenvalue weighted by atomic mass is 16.7. The highest BCUT2D eigenvalue weighted by Gasteiger charge is 2.35. The third-order valence-corrected chi connectivity index (χ3v) is 4.62. The highest BCUT2D eigenvalue weighted by Crippen LogP contribution is 2.45. The predicted molar refractivity (Wildman–Crippen MR) is 58.5 cm³/mol. The smallest absolute Gasteiger partial charge is 0.158 e. The minimum Gasteiger partial charge on any atom is -0.350 e. The van der Waals surface area contributed by atoms with Gasteiger partial charge in [0.25, 0.3) is 0 Å². The summed E-state index contributed by atoms with van der Waals surface area (Å²) in [5.41, 5.74) is 0. The van der Waals surface area contributed by atoms with Gasteiger partial charge in [-0.15, -0.1) is 0 Å². The molecule has 0 radical (unpaired) electrons. The van der Waals surface area contributed by atoms with Crippen molar-refractivity contribution in [3.8, 4) is 0 Å². The highest BCUT2D eigenvalue weighted by molar-refractivity contribution is 4.84. The van der Waals surface area contributed by atoms with Crippen molar-refractivity contribution < 1.29 is 9.47 Å². The Labute approximate surface area is 92.3 Å². The molecule has 0 aromatic rings. The van der Waals surface area contributed by atoms with E-state index in [9.17, 15) is 0 Å². The summed E-state index contributed by atoms with van der Waals surface area (Å²) in [4.78, 5) is 0. The summed E-state index contributed by atoms with van der Waals surface area (Å²) in [6.45, 7) is 1.62. The molecule has 0 aromatic heterocycles. The molecule has 3 unspecified atom stereocenters. The molecule has 3 fully saturated rings. The van der Waals surface area contributed by atoms with E-state index in [0.717, 1.165) is 37.4 Å². The van der Waals surface area contributed by atoms with Crippen LogP contribution in [0.2, 0.25) is 0 Å². The molecule has 2 heteroatoms. The first-order valence-corrected chi connectivity index (χ1v) is 6.65. The van der Waals surface area contributed by atoms with Crippen molar-refractivity contribution in [1.29, 1.82) is 0 Å². The van der Waals surface area contributed by atoms with E-state index in [2.05, 4.69) is 0 Å². The van der Waals surface area contributed by atoms with Crippen LogP contribution in [-0.2, 0) is 9.47 Å². The van der Waals surface area contributed by atoms with Gasteiger partial charge in [0.05, 0.1) is 13.2 Å². The molecule has 2 aliphatic carbocycles. The van der Waals surface area contributed by atoms with Crippen LogP contribution in [0.3, 0.4) is 0 Å². The van der Waals surface area contributed by atoms with E-state index >= 15 is 0 Å². The van der Waals surface area contributed by atoms with Crippen LogP contribution in [0.4, 0.5) is 0 Å². The minimum absolute atomic E-state index is 0.133. The van der Waals surface area contributed by atoms with E-state index < -0.39 is 0 Å². The zero-order valence-corrected chi connectivity index (χ0v) is 9.49. The average molecular weight is 210 g/mol. The summed E-state index contributed by atoms with van der Waals surface area (Å²) < 4.78 is 11.1. The third kappa shape index (κ3) is 2.21. The van der Waals surface area contributed by atoms with Crippen LogP contribution in [0, 0.1) is 17.8 Å². The molecule has 2 bridgehead atoms. The molecule has 2 nitrogen and oxygen atoms in total. The van der Waals surface area contributed by atoms with Gasteiger partial charge < -0.3 is 9.47 Å². The lowest BCUT2D eigenvalue weighted by Crippen LogP contribution is -2.31. The Morgan fingerprint density at radius 1 is 0.933 bits per heavy atom. The molecule has 3 atom stereocenters. The van der Waals surface area contributed by atoms with Gasteiger partial charge in [-0.2, -0.15) is 0 Å². The number of rotatable bonds is 2. The number of hydrogen-bond donors (Lipinski definition) is 0. The average Bonchev–Trinajstić information content (AvgIpc) is 2.76. The van der Waals surface area contributed by atoms with Crippen LogP contribution >= 0.6 is 0 Å². The Morgan fingerprint density at radius 2 is 1.80 bits per heavy atom. The number of hydrogen-bond acceptors (Lipinski definition) is 2. The molecule has 0 aromatic carbocycles. The first-order chi connectivity index (χ1) is 7.42. The molecule has 3 rings (SSSR count). The summed E-state index contributed by atoms with van der Waals surface area (Å²) >= 11 is 0. The third-order valence-electron chi connectivity index (χ3n) is 4.62. The summed E-state index contributed by atoms with van der Waals surface area (Å²) in [5.74, 6) is 2.94. The van der Waals surface area contributed by atoms with Crippen LogP contribution in [0.25, 0.3) is 0 Å². The Morgan fingerprint density at radius 3 is 2.67 bits per heavy atom. The second-order valence-electron chi connectivity index (χ2n) is 5.54. The van der Waals surface area contributed by atoms with Crippen LogP contribution < -0.4 is 0 Å². The fraction of sp³-hybridized carbons (Fsp3) is 1.00. The molecule has 0 amide bonds. The molecular formula is C13H22O2. The molecule has 1 heterocycles. The van der Waals surface area contributed by atoms with E-state index in [0.29, 0.717) is 0 Å². The fourth-order valence-electron chi connectivity index (χ4n) is 3.81.